The lowest BCUT2D eigenvalue weighted by Gasteiger charge is -2.01. The van der Waals surface area contributed by atoms with Crippen LogP contribution in [0.3, 0.4) is 0 Å². The van der Waals surface area contributed by atoms with Crippen LogP contribution in [0.2, 0.25) is 0 Å². The van der Waals surface area contributed by atoms with Gasteiger partial charge < -0.3 is 4.42 Å². The molecule has 23 heavy (non-hydrogen) atoms. The van der Waals surface area contributed by atoms with Crippen molar-refractivity contribution in [1.82, 2.24) is 4.98 Å². The Kier molecular flexibility index (Phi) is 4.12. The van der Waals surface area contributed by atoms with Crippen molar-refractivity contribution in [1.29, 1.82) is 0 Å². The summed E-state index contributed by atoms with van der Waals surface area (Å²) in [6.07, 6.45) is 0. The van der Waals surface area contributed by atoms with Crippen molar-refractivity contribution in [3.05, 3.63) is 43.8 Å². The minimum atomic E-state index is -0.170. The first-order chi connectivity index (χ1) is 10.9. The third-order valence-electron chi connectivity index (χ3n) is 3.83. The van der Waals surface area contributed by atoms with E-state index in [1.54, 1.807) is 18.3 Å². The lowest BCUT2D eigenvalue weighted by molar-refractivity contribution is 0.102. The van der Waals surface area contributed by atoms with Crippen molar-refractivity contribution in [2.24, 2.45) is 0 Å². The maximum absolute atomic E-state index is 12.5. The SMILES string of the molecule is Cc1cc(-c2csc(NC(=O)c3c(C)oc(C)c3C)n2)c(C)s1. The topological polar surface area (TPSA) is 55.1 Å². The molecule has 0 saturated heterocycles. The molecule has 0 aliphatic heterocycles. The number of carbonyl (C=O) groups excluding carboxylic acids is 1. The number of thiophene rings is 1. The van der Waals surface area contributed by atoms with Crippen LogP contribution >= 0.6 is 22.7 Å². The lowest BCUT2D eigenvalue weighted by atomic mass is 10.1. The molecule has 3 rings (SSSR count). The number of thiazole rings is 1. The summed E-state index contributed by atoms with van der Waals surface area (Å²) < 4.78 is 5.52. The molecule has 0 aromatic carbocycles. The van der Waals surface area contributed by atoms with E-state index in [1.165, 1.54) is 21.1 Å². The maximum Gasteiger partial charge on any atom is 0.261 e. The average Bonchev–Trinajstić information content (AvgIpc) is 3.10. The van der Waals surface area contributed by atoms with E-state index in [4.69, 9.17) is 4.42 Å². The number of amides is 1. The maximum atomic E-state index is 12.5. The lowest BCUT2D eigenvalue weighted by Crippen LogP contribution is -2.13. The van der Waals surface area contributed by atoms with Gasteiger partial charge in [0.1, 0.15) is 11.5 Å². The van der Waals surface area contributed by atoms with E-state index in [1.807, 2.05) is 19.2 Å². The number of aryl methyl sites for hydroxylation is 4. The molecule has 4 nitrogen and oxygen atoms in total. The highest BCUT2D eigenvalue weighted by Crippen LogP contribution is 2.33. The number of anilines is 1. The minimum Gasteiger partial charge on any atom is -0.466 e. The van der Waals surface area contributed by atoms with Gasteiger partial charge in [-0.15, -0.1) is 22.7 Å². The third-order valence-corrected chi connectivity index (χ3v) is 5.55. The first-order valence-corrected chi connectivity index (χ1v) is 8.97. The van der Waals surface area contributed by atoms with Crippen molar-refractivity contribution < 1.29 is 9.21 Å². The number of hydrogen-bond donors (Lipinski definition) is 1. The van der Waals surface area contributed by atoms with Gasteiger partial charge in [-0.1, -0.05) is 0 Å². The third kappa shape index (κ3) is 2.96. The fourth-order valence-electron chi connectivity index (χ4n) is 2.63. The number of nitrogens with one attached hydrogen (secondary N) is 1. The molecule has 0 aliphatic carbocycles. The van der Waals surface area contributed by atoms with Gasteiger partial charge in [-0.3, -0.25) is 10.1 Å². The Morgan fingerprint density at radius 2 is 1.91 bits per heavy atom. The summed E-state index contributed by atoms with van der Waals surface area (Å²) in [5.74, 6) is 1.24. The van der Waals surface area contributed by atoms with Gasteiger partial charge in [0.15, 0.2) is 5.13 Å². The smallest absolute Gasteiger partial charge is 0.261 e. The number of rotatable bonds is 3. The highest BCUT2D eigenvalue weighted by molar-refractivity contribution is 7.14. The molecule has 0 radical (unpaired) electrons. The Bertz CT molecular complexity index is 887. The zero-order valence-corrected chi connectivity index (χ0v) is 15.4. The number of furan rings is 1. The number of aromatic nitrogens is 1. The quantitative estimate of drug-likeness (QED) is 0.704. The van der Waals surface area contributed by atoms with Crippen LogP contribution in [0.15, 0.2) is 15.9 Å². The predicted molar refractivity (Wildman–Crippen MR) is 95.8 cm³/mol. The van der Waals surface area contributed by atoms with Gasteiger partial charge in [-0.2, -0.15) is 0 Å². The van der Waals surface area contributed by atoms with Gasteiger partial charge >= 0.3 is 0 Å². The van der Waals surface area contributed by atoms with Gasteiger partial charge in [-0.05, 0) is 40.7 Å². The zero-order valence-electron chi connectivity index (χ0n) is 13.7. The summed E-state index contributed by atoms with van der Waals surface area (Å²) >= 11 is 3.19. The molecule has 1 N–H and O–H groups in total. The summed E-state index contributed by atoms with van der Waals surface area (Å²) in [7, 11) is 0. The van der Waals surface area contributed by atoms with Crippen molar-refractivity contribution in [3.63, 3.8) is 0 Å². The summed E-state index contributed by atoms with van der Waals surface area (Å²) in [5, 5.41) is 5.46. The molecule has 1 amide bonds. The summed E-state index contributed by atoms with van der Waals surface area (Å²) in [6, 6.07) is 2.13. The Morgan fingerprint density at radius 1 is 1.17 bits per heavy atom. The first kappa shape index (κ1) is 16.0. The Labute approximate surface area is 143 Å². The average molecular weight is 346 g/mol. The van der Waals surface area contributed by atoms with Crippen molar-refractivity contribution >= 4 is 33.7 Å². The minimum absolute atomic E-state index is 0.170. The molecule has 0 bridgehead atoms. The van der Waals surface area contributed by atoms with E-state index in [0.29, 0.717) is 16.5 Å². The molecule has 3 aromatic rings. The van der Waals surface area contributed by atoms with Crippen LogP contribution in [0.4, 0.5) is 5.13 Å². The normalized spacial score (nSPS) is 11.0. The van der Waals surface area contributed by atoms with E-state index >= 15 is 0 Å². The molecule has 3 heterocycles. The molecule has 0 spiro atoms. The zero-order chi connectivity index (χ0) is 16.7. The molecule has 0 saturated carbocycles. The molecule has 0 fully saturated rings. The highest BCUT2D eigenvalue weighted by atomic mass is 32.1. The second-order valence-corrected chi connectivity index (χ2v) is 7.85. The number of hydrogen-bond acceptors (Lipinski definition) is 5. The molecule has 6 heteroatoms. The molecule has 0 atom stereocenters. The van der Waals surface area contributed by atoms with E-state index in [9.17, 15) is 4.79 Å². The Hall–Kier alpha value is -1.92. The molecular formula is C17H18N2O2S2. The molecular weight excluding hydrogens is 328 g/mol. The molecule has 120 valence electrons. The van der Waals surface area contributed by atoms with Crippen LogP contribution in [-0.2, 0) is 0 Å². The van der Waals surface area contributed by atoms with Crippen molar-refractivity contribution in [2.45, 2.75) is 34.6 Å². The monoisotopic (exact) mass is 346 g/mol. The second-order valence-electron chi connectivity index (χ2n) is 5.53. The van der Waals surface area contributed by atoms with E-state index < -0.39 is 0 Å². The highest BCUT2D eigenvalue weighted by Gasteiger charge is 2.20. The predicted octanol–water partition coefficient (Wildman–Crippen LogP) is 5.26. The molecule has 0 unspecified atom stereocenters. The fourth-order valence-corrected chi connectivity index (χ4v) is 4.27. The first-order valence-electron chi connectivity index (χ1n) is 7.27. The van der Waals surface area contributed by atoms with Crippen molar-refractivity contribution in [3.8, 4) is 11.3 Å². The summed E-state index contributed by atoms with van der Waals surface area (Å²) in [4.78, 5) is 19.5. The molecule has 0 aliphatic rings. The van der Waals surface area contributed by atoms with Gasteiger partial charge in [0.05, 0.1) is 11.3 Å². The number of nitrogens with zero attached hydrogens (tertiary/aromatic N) is 1. The van der Waals surface area contributed by atoms with Gasteiger partial charge in [0.25, 0.3) is 5.91 Å². The summed E-state index contributed by atoms with van der Waals surface area (Å²) in [6.45, 7) is 9.74. The van der Waals surface area contributed by atoms with Crippen LogP contribution in [0.25, 0.3) is 11.3 Å². The van der Waals surface area contributed by atoms with Gasteiger partial charge in [0, 0.05) is 26.3 Å². The molecule has 3 aromatic heterocycles. The van der Waals surface area contributed by atoms with Crippen LogP contribution in [0, 0.1) is 34.6 Å². The van der Waals surface area contributed by atoms with Crippen LogP contribution in [-0.4, -0.2) is 10.9 Å². The number of carbonyl (C=O) groups is 1. The Balaban J connectivity index is 1.84. The Morgan fingerprint density at radius 3 is 2.48 bits per heavy atom. The van der Waals surface area contributed by atoms with Crippen LogP contribution in [0.5, 0.6) is 0 Å². The van der Waals surface area contributed by atoms with E-state index in [0.717, 1.165) is 22.6 Å². The summed E-state index contributed by atoms with van der Waals surface area (Å²) in [5.41, 5.74) is 3.52. The van der Waals surface area contributed by atoms with E-state index in [2.05, 4.69) is 30.2 Å². The van der Waals surface area contributed by atoms with Crippen LogP contribution < -0.4 is 5.32 Å². The largest absolute Gasteiger partial charge is 0.466 e. The standard InChI is InChI=1S/C17H18N2O2S2/c1-8-6-13(12(5)23-8)14-7-22-17(18-14)19-16(20)15-9(2)10(3)21-11(15)4/h6-7H,1-5H3,(H,18,19,20). The second kappa shape index (κ2) is 5.94. The van der Waals surface area contributed by atoms with Crippen LogP contribution in [0.1, 0.15) is 37.2 Å². The van der Waals surface area contributed by atoms with Gasteiger partial charge in [-0.25, -0.2) is 4.98 Å². The van der Waals surface area contributed by atoms with E-state index in [-0.39, 0.29) is 5.91 Å². The fraction of sp³-hybridized carbons (Fsp3) is 0.294. The van der Waals surface area contributed by atoms with Gasteiger partial charge in [0.2, 0.25) is 0 Å². The van der Waals surface area contributed by atoms with Crippen molar-refractivity contribution in [2.75, 3.05) is 5.32 Å².